The van der Waals surface area contributed by atoms with Gasteiger partial charge in [0, 0.05) is 6.54 Å². The van der Waals surface area contributed by atoms with Crippen molar-refractivity contribution in [2.24, 2.45) is 11.5 Å². The number of amides is 2. The minimum atomic E-state index is -0.837. The fraction of sp³-hybridized carbons (Fsp3) is 0.333. The van der Waals surface area contributed by atoms with Gasteiger partial charge in [0.15, 0.2) is 0 Å². The highest BCUT2D eigenvalue weighted by Gasteiger charge is 2.11. The third kappa shape index (κ3) is 4.24. The molecule has 2 amide bonds. The molecule has 0 aliphatic carbocycles. The highest BCUT2D eigenvalue weighted by molar-refractivity contribution is 5.82. The lowest BCUT2D eigenvalue weighted by Gasteiger charge is -2.10. The van der Waals surface area contributed by atoms with Gasteiger partial charge in [-0.25, -0.2) is 0 Å². The molecule has 0 aliphatic heterocycles. The van der Waals surface area contributed by atoms with E-state index in [2.05, 4.69) is 5.32 Å². The molecule has 0 saturated carbocycles. The second-order valence-corrected chi connectivity index (χ2v) is 3.92. The van der Waals surface area contributed by atoms with Crippen LogP contribution in [0.5, 0.6) is 0 Å². The van der Waals surface area contributed by atoms with Crippen LogP contribution in [0.15, 0.2) is 24.3 Å². The summed E-state index contributed by atoms with van der Waals surface area (Å²) >= 11 is 0. The molecule has 17 heavy (non-hydrogen) atoms. The summed E-state index contributed by atoms with van der Waals surface area (Å²) < 4.78 is 0. The Morgan fingerprint density at radius 3 is 2.59 bits per heavy atom. The van der Waals surface area contributed by atoms with Crippen LogP contribution in [-0.2, 0) is 16.0 Å². The molecule has 5 N–H and O–H groups in total. The lowest BCUT2D eigenvalue weighted by Crippen LogP contribution is -2.46. The molecular formula is C12H17N3O2. The summed E-state index contributed by atoms with van der Waals surface area (Å²) in [7, 11) is 0. The van der Waals surface area contributed by atoms with Crippen molar-refractivity contribution >= 4 is 11.8 Å². The van der Waals surface area contributed by atoms with Crippen molar-refractivity contribution in [2.45, 2.75) is 19.4 Å². The maximum absolute atomic E-state index is 11.6. The van der Waals surface area contributed by atoms with Gasteiger partial charge in [-0.2, -0.15) is 0 Å². The number of aryl methyl sites for hydroxylation is 1. The molecule has 0 unspecified atom stereocenters. The second-order valence-electron chi connectivity index (χ2n) is 3.92. The zero-order chi connectivity index (χ0) is 12.8. The second kappa shape index (κ2) is 6.00. The topological polar surface area (TPSA) is 98.2 Å². The summed E-state index contributed by atoms with van der Waals surface area (Å²) in [6.45, 7) is 2.01. The highest BCUT2D eigenvalue weighted by atomic mass is 16.2. The predicted octanol–water partition coefficient (Wildman–Crippen LogP) is -0.534. The molecule has 1 atom stereocenters. The molecule has 0 bridgehead atoms. The Hall–Kier alpha value is -1.88. The number of primary amides is 1. The number of nitrogens with two attached hydrogens (primary N) is 2. The molecule has 92 valence electrons. The SMILES string of the molecule is Cc1ccccc1CC(=O)NC[C@H](N)C(N)=O. The van der Waals surface area contributed by atoms with Crippen LogP contribution < -0.4 is 16.8 Å². The highest BCUT2D eigenvalue weighted by Crippen LogP contribution is 2.07. The van der Waals surface area contributed by atoms with Crippen molar-refractivity contribution < 1.29 is 9.59 Å². The molecule has 1 aromatic rings. The third-order valence-electron chi connectivity index (χ3n) is 2.50. The van der Waals surface area contributed by atoms with Crippen LogP contribution in [0.4, 0.5) is 0 Å². The summed E-state index contributed by atoms with van der Waals surface area (Å²) in [6, 6.07) is 6.79. The van der Waals surface area contributed by atoms with Crippen molar-refractivity contribution in [1.82, 2.24) is 5.32 Å². The van der Waals surface area contributed by atoms with Gasteiger partial charge in [0.25, 0.3) is 0 Å². The number of nitrogens with one attached hydrogen (secondary N) is 1. The van der Waals surface area contributed by atoms with E-state index in [0.29, 0.717) is 0 Å². The molecule has 0 fully saturated rings. The van der Waals surface area contributed by atoms with Gasteiger partial charge in [0.05, 0.1) is 6.42 Å². The smallest absolute Gasteiger partial charge is 0.236 e. The first-order valence-corrected chi connectivity index (χ1v) is 5.37. The number of rotatable bonds is 5. The quantitative estimate of drug-likeness (QED) is 0.639. The molecule has 0 heterocycles. The first-order valence-electron chi connectivity index (χ1n) is 5.37. The van der Waals surface area contributed by atoms with E-state index >= 15 is 0 Å². The van der Waals surface area contributed by atoms with Gasteiger partial charge in [-0.15, -0.1) is 0 Å². The van der Waals surface area contributed by atoms with Crippen molar-refractivity contribution in [3.63, 3.8) is 0 Å². The average Bonchev–Trinajstić information content (AvgIpc) is 2.29. The van der Waals surface area contributed by atoms with Gasteiger partial charge >= 0.3 is 0 Å². The van der Waals surface area contributed by atoms with Crippen molar-refractivity contribution in [3.05, 3.63) is 35.4 Å². The van der Waals surface area contributed by atoms with E-state index in [1.165, 1.54) is 0 Å². The van der Waals surface area contributed by atoms with E-state index in [0.717, 1.165) is 11.1 Å². The summed E-state index contributed by atoms with van der Waals surface area (Å²) in [5.74, 6) is -0.794. The molecule has 0 spiro atoms. The summed E-state index contributed by atoms with van der Waals surface area (Å²) in [5.41, 5.74) is 12.4. The molecule has 1 rings (SSSR count). The number of hydrogen-bond donors (Lipinski definition) is 3. The van der Waals surface area contributed by atoms with Crippen LogP contribution in [0, 0.1) is 6.92 Å². The molecule has 5 nitrogen and oxygen atoms in total. The van der Waals surface area contributed by atoms with E-state index in [1.54, 1.807) is 0 Å². The molecule has 0 radical (unpaired) electrons. The third-order valence-corrected chi connectivity index (χ3v) is 2.50. The predicted molar refractivity (Wildman–Crippen MR) is 65.1 cm³/mol. The van der Waals surface area contributed by atoms with Crippen molar-refractivity contribution in [1.29, 1.82) is 0 Å². The van der Waals surface area contributed by atoms with Gasteiger partial charge < -0.3 is 16.8 Å². The standard InChI is InChI=1S/C12H17N3O2/c1-8-4-2-3-5-9(8)6-11(16)15-7-10(13)12(14)17/h2-5,10H,6-7,13H2,1H3,(H2,14,17)(H,15,16)/t10-/m0/s1. The fourth-order valence-electron chi connectivity index (χ4n) is 1.37. The van der Waals surface area contributed by atoms with E-state index in [1.807, 2.05) is 31.2 Å². The maximum atomic E-state index is 11.6. The Bertz CT molecular complexity index is 418. The van der Waals surface area contributed by atoms with Crippen LogP contribution >= 0.6 is 0 Å². The molecule has 0 aromatic heterocycles. The van der Waals surface area contributed by atoms with Gasteiger partial charge in [-0.3, -0.25) is 9.59 Å². The number of carbonyl (C=O) groups excluding carboxylic acids is 2. The van der Waals surface area contributed by atoms with Gasteiger partial charge in [-0.05, 0) is 18.1 Å². The Morgan fingerprint density at radius 1 is 1.35 bits per heavy atom. The van der Waals surface area contributed by atoms with Crippen molar-refractivity contribution in [2.75, 3.05) is 6.54 Å². The maximum Gasteiger partial charge on any atom is 0.236 e. The van der Waals surface area contributed by atoms with E-state index < -0.39 is 11.9 Å². The Labute approximate surface area is 100 Å². The zero-order valence-corrected chi connectivity index (χ0v) is 9.77. The van der Waals surface area contributed by atoms with Crippen LogP contribution in [0.3, 0.4) is 0 Å². The molecule has 5 heteroatoms. The number of carbonyl (C=O) groups is 2. The van der Waals surface area contributed by atoms with E-state index in [4.69, 9.17) is 11.5 Å². The fourth-order valence-corrected chi connectivity index (χ4v) is 1.37. The Kier molecular flexibility index (Phi) is 4.66. The lowest BCUT2D eigenvalue weighted by molar-refractivity contribution is -0.121. The monoisotopic (exact) mass is 235 g/mol. The van der Waals surface area contributed by atoms with Gasteiger partial charge in [-0.1, -0.05) is 24.3 Å². The molecule has 0 aliphatic rings. The Morgan fingerprint density at radius 2 is 2.00 bits per heavy atom. The summed E-state index contributed by atoms with van der Waals surface area (Å²) in [4.78, 5) is 22.2. The van der Waals surface area contributed by atoms with Crippen LogP contribution in [0.25, 0.3) is 0 Å². The first kappa shape index (κ1) is 13.2. The van der Waals surface area contributed by atoms with Crippen molar-refractivity contribution in [3.8, 4) is 0 Å². The minimum Gasteiger partial charge on any atom is -0.368 e. The average molecular weight is 235 g/mol. The number of benzene rings is 1. The van der Waals surface area contributed by atoms with E-state index in [9.17, 15) is 9.59 Å². The van der Waals surface area contributed by atoms with E-state index in [-0.39, 0.29) is 18.9 Å². The summed E-state index contributed by atoms with van der Waals surface area (Å²) in [5, 5.41) is 2.57. The molecular weight excluding hydrogens is 218 g/mol. The van der Waals surface area contributed by atoms with Gasteiger partial charge in [0.2, 0.25) is 11.8 Å². The normalized spacial score (nSPS) is 11.9. The molecule has 1 aromatic carbocycles. The molecule has 0 saturated heterocycles. The largest absolute Gasteiger partial charge is 0.368 e. The number of hydrogen-bond acceptors (Lipinski definition) is 3. The minimum absolute atomic E-state index is 0.0695. The van der Waals surface area contributed by atoms with Crippen LogP contribution in [0.1, 0.15) is 11.1 Å². The lowest BCUT2D eigenvalue weighted by atomic mass is 10.1. The van der Waals surface area contributed by atoms with Crippen LogP contribution in [-0.4, -0.2) is 24.4 Å². The van der Waals surface area contributed by atoms with Crippen LogP contribution in [0.2, 0.25) is 0 Å². The Balaban J connectivity index is 2.46. The summed E-state index contributed by atoms with van der Waals surface area (Å²) in [6.07, 6.45) is 0.276. The van der Waals surface area contributed by atoms with Gasteiger partial charge in [0.1, 0.15) is 6.04 Å². The first-order chi connectivity index (χ1) is 8.00. The zero-order valence-electron chi connectivity index (χ0n) is 9.77.